The highest BCUT2D eigenvalue weighted by Crippen LogP contribution is 2.29. The molecule has 0 bridgehead atoms. The molecule has 0 unspecified atom stereocenters. The maximum Gasteiger partial charge on any atom is 0.255 e. The number of hydrogen-bond acceptors (Lipinski definition) is 7. The van der Waals surface area contributed by atoms with Gasteiger partial charge < -0.3 is 21.1 Å². The molecule has 0 radical (unpaired) electrons. The molecule has 4 rings (SSSR count). The van der Waals surface area contributed by atoms with Gasteiger partial charge in [-0.05, 0) is 69.9 Å². The molecule has 2 amide bonds. The molecule has 10 nitrogen and oxygen atoms in total. The molecule has 1 saturated carbocycles. The summed E-state index contributed by atoms with van der Waals surface area (Å²) in [5.74, 6) is -0.719. The number of nitrogens with one attached hydrogen (secondary N) is 3. The summed E-state index contributed by atoms with van der Waals surface area (Å²) in [5, 5.41) is 32.3. The number of carbonyl (C=O) groups is 2. The van der Waals surface area contributed by atoms with Crippen LogP contribution in [0.1, 0.15) is 55.5 Å². The minimum Gasteiger partial charge on any atom is -0.387 e. The number of pyridine rings is 1. The van der Waals surface area contributed by atoms with Gasteiger partial charge in [0.2, 0.25) is 5.91 Å². The van der Waals surface area contributed by atoms with Crippen molar-refractivity contribution in [2.24, 2.45) is 0 Å². The van der Waals surface area contributed by atoms with Crippen LogP contribution in [-0.4, -0.2) is 61.9 Å². The van der Waals surface area contributed by atoms with Crippen molar-refractivity contribution >= 4 is 23.0 Å². The third kappa shape index (κ3) is 6.59. The van der Waals surface area contributed by atoms with Crippen LogP contribution < -0.4 is 16.0 Å². The van der Waals surface area contributed by atoms with Crippen LogP contribution in [0.2, 0.25) is 0 Å². The van der Waals surface area contributed by atoms with E-state index in [1.165, 1.54) is 32.3 Å². The van der Waals surface area contributed by atoms with Crippen molar-refractivity contribution < 1.29 is 19.1 Å². The molecular weight excluding hydrogens is 501 g/mol. The number of hydrogen-bond donors (Lipinski definition) is 4. The third-order valence-corrected chi connectivity index (χ3v) is 6.87. The lowest BCUT2D eigenvalue weighted by Gasteiger charge is -2.30. The van der Waals surface area contributed by atoms with Gasteiger partial charge in [0.1, 0.15) is 12.2 Å². The van der Waals surface area contributed by atoms with Gasteiger partial charge in [0, 0.05) is 18.3 Å². The second-order valence-electron chi connectivity index (χ2n) is 10.3. The van der Waals surface area contributed by atoms with Crippen molar-refractivity contribution in [2.45, 2.75) is 63.4 Å². The lowest BCUT2D eigenvalue weighted by molar-refractivity contribution is -0.117. The highest BCUT2D eigenvalue weighted by atomic mass is 19.1. The first-order chi connectivity index (χ1) is 18.6. The summed E-state index contributed by atoms with van der Waals surface area (Å²) in [6, 6.07) is 9.30. The number of aromatic nitrogens is 3. The van der Waals surface area contributed by atoms with Crippen molar-refractivity contribution in [3.8, 4) is 17.5 Å². The molecular formula is C28H32FN7O3. The Morgan fingerprint density at radius 2 is 1.97 bits per heavy atom. The Kier molecular flexibility index (Phi) is 8.26. The normalized spacial score (nSPS) is 18.1. The fourth-order valence-electron chi connectivity index (χ4n) is 4.54. The number of aliphatic hydroxyl groups is 1. The number of nitrogens with zero attached hydrogens (tertiary/aromatic N) is 4. The van der Waals surface area contributed by atoms with E-state index >= 15 is 0 Å². The zero-order valence-electron chi connectivity index (χ0n) is 21.9. The summed E-state index contributed by atoms with van der Waals surface area (Å²) in [6.45, 7) is 5.83. The Morgan fingerprint density at radius 1 is 1.26 bits per heavy atom. The average Bonchev–Trinajstić information content (AvgIpc) is 3.35. The van der Waals surface area contributed by atoms with Crippen LogP contribution in [-0.2, 0) is 4.79 Å². The van der Waals surface area contributed by atoms with E-state index < -0.39 is 17.7 Å². The van der Waals surface area contributed by atoms with Gasteiger partial charge in [-0.3, -0.25) is 14.6 Å². The number of nitriles is 1. The molecule has 0 spiro atoms. The molecule has 0 aromatic carbocycles. The molecule has 3 heterocycles. The molecule has 1 atom stereocenters. The lowest BCUT2D eigenvalue weighted by Crippen LogP contribution is -2.42. The predicted molar refractivity (Wildman–Crippen MR) is 145 cm³/mol. The number of alkyl halides is 1. The topological polar surface area (TPSA) is 144 Å². The van der Waals surface area contributed by atoms with Gasteiger partial charge in [0.25, 0.3) is 5.91 Å². The Labute approximate surface area is 225 Å². The van der Waals surface area contributed by atoms with Crippen molar-refractivity contribution in [1.29, 1.82) is 5.26 Å². The number of carbonyl (C=O) groups excluding carboxylic acids is 2. The number of anilines is 1. The summed E-state index contributed by atoms with van der Waals surface area (Å²) >= 11 is 0. The molecule has 0 aliphatic heterocycles. The van der Waals surface area contributed by atoms with E-state index in [0.29, 0.717) is 22.6 Å². The Bertz CT molecular complexity index is 1410. The Balaban J connectivity index is 1.60. The van der Waals surface area contributed by atoms with Crippen LogP contribution in [0.5, 0.6) is 0 Å². The molecule has 1 fully saturated rings. The SMILES string of the molecule is C=CC(=O)NC1CCC(Nc2cc(-c3ccc4cc(C#N)cnn34)ncc2C(=O)NC[C@@H](F)C(C)(C)O)CC1. The molecule has 3 aromatic heterocycles. The number of rotatable bonds is 9. The summed E-state index contributed by atoms with van der Waals surface area (Å²) in [7, 11) is 0. The summed E-state index contributed by atoms with van der Waals surface area (Å²) in [5.41, 5.74) is 1.56. The molecule has 39 heavy (non-hydrogen) atoms. The minimum atomic E-state index is -1.65. The van der Waals surface area contributed by atoms with Crippen molar-refractivity contribution in [3.05, 3.63) is 60.4 Å². The van der Waals surface area contributed by atoms with Crippen LogP contribution in [0.25, 0.3) is 16.9 Å². The number of fused-ring (bicyclic) bond motifs is 1. The highest BCUT2D eigenvalue weighted by molar-refractivity contribution is 6.00. The van der Waals surface area contributed by atoms with Gasteiger partial charge in [-0.25, -0.2) is 8.91 Å². The molecule has 4 N–H and O–H groups in total. The predicted octanol–water partition coefficient (Wildman–Crippen LogP) is 3.13. The van der Waals surface area contributed by atoms with E-state index in [1.54, 1.807) is 16.6 Å². The first-order valence-corrected chi connectivity index (χ1v) is 12.8. The molecule has 1 aliphatic rings. The minimum absolute atomic E-state index is 0.0364. The number of amides is 2. The maximum absolute atomic E-state index is 14.3. The highest BCUT2D eigenvalue weighted by Gasteiger charge is 2.28. The Hall–Kier alpha value is -4.30. The van der Waals surface area contributed by atoms with E-state index in [-0.39, 0.29) is 30.1 Å². The van der Waals surface area contributed by atoms with Crippen molar-refractivity contribution in [3.63, 3.8) is 0 Å². The van der Waals surface area contributed by atoms with E-state index in [9.17, 15) is 19.1 Å². The van der Waals surface area contributed by atoms with Crippen LogP contribution in [0, 0.1) is 11.3 Å². The molecule has 1 aliphatic carbocycles. The van der Waals surface area contributed by atoms with Gasteiger partial charge in [0.05, 0.1) is 52.1 Å². The molecule has 204 valence electrons. The summed E-state index contributed by atoms with van der Waals surface area (Å²) < 4.78 is 16.0. The molecule has 3 aromatic rings. The third-order valence-electron chi connectivity index (χ3n) is 6.87. The van der Waals surface area contributed by atoms with E-state index in [0.717, 1.165) is 31.2 Å². The van der Waals surface area contributed by atoms with Crippen molar-refractivity contribution in [1.82, 2.24) is 25.2 Å². The lowest BCUT2D eigenvalue weighted by atomic mass is 9.90. The molecule has 0 saturated heterocycles. The number of halogens is 1. The van der Waals surface area contributed by atoms with Crippen LogP contribution in [0.4, 0.5) is 10.1 Å². The smallest absolute Gasteiger partial charge is 0.255 e. The monoisotopic (exact) mass is 533 g/mol. The largest absolute Gasteiger partial charge is 0.387 e. The van der Waals surface area contributed by atoms with Crippen LogP contribution in [0.15, 0.2) is 49.3 Å². The van der Waals surface area contributed by atoms with E-state index in [1.807, 2.05) is 12.1 Å². The first-order valence-electron chi connectivity index (χ1n) is 12.8. The second-order valence-corrected chi connectivity index (χ2v) is 10.3. The fraction of sp³-hybridized carbons (Fsp3) is 0.393. The quantitative estimate of drug-likeness (QED) is 0.309. The van der Waals surface area contributed by atoms with Crippen molar-refractivity contribution in [2.75, 3.05) is 11.9 Å². The second kappa shape index (κ2) is 11.6. The van der Waals surface area contributed by atoms with Gasteiger partial charge in [-0.15, -0.1) is 0 Å². The Morgan fingerprint density at radius 3 is 2.64 bits per heavy atom. The average molecular weight is 534 g/mol. The van der Waals surface area contributed by atoms with Gasteiger partial charge in [-0.1, -0.05) is 6.58 Å². The fourth-order valence-corrected chi connectivity index (χ4v) is 4.54. The maximum atomic E-state index is 14.3. The van der Waals surface area contributed by atoms with E-state index in [2.05, 4.69) is 38.7 Å². The van der Waals surface area contributed by atoms with Gasteiger partial charge in [-0.2, -0.15) is 10.4 Å². The standard InChI is InChI=1S/C28H32FN7O3/c1-4-26(37)35-19-7-5-18(6-8-19)34-22-12-23(24-10-9-20-11-17(13-30)14-33-36(20)24)31-15-21(22)27(38)32-16-25(29)28(2,3)39/h4,9-12,14-15,18-19,25,39H,1,5-8,16H2,2-3H3,(H,31,34)(H,32,38)(H,35,37)/t18?,19?,25-/m1/s1. The van der Waals surface area contributed by atoms with Crippen LogP contribution >= 0.6 is 0 Å². The summed E-state index contributed by atoms with van der Waals surface area (Å²) in [4.78, 5) is 29.2. The summed E-state index contributed by atoms with van der Waals surface area (Å²) in [6.07, 6.45) is 5.57. The zero-order valence-corrected chi connectivity index (χ0v) is 21.9. The van der Waals surface area contributed by atoms with Crippen LogP contribution in [0.3, 0.4) is 0 Å². The van der Waals surface area contributed by atoms with E-state index in [4.69, 9.17) is 5.26 Å². The zero-order chi connectivity index (χ0) is 28.2. The van der Waals surface area contributed by atoms with Gasteiger partial charge >= 0.3 is 0 Å². The van der Waals surface area contributed by atoms with Gasteiger partial charge in [0.15, 0.2) is 0 Å². The molecule has 11 heteroatoms. The first kappa shape index (κ1) is 27.7.